The summed E-state index contributed by atoms with van der Waals surface area (Å²) in [5.74, 6) is 0.166. The molecule has 4 rings (SSSR count). The number of rotatable bonds is 5. The van der Waals surface area contributed by atoms with Crippen molar-refractivity contribution in [3.05, 3.63) is 70.6 Å². The second-order valence-electron chi connectivity index (χ2n) is 6.99. The molecule has 1 aliphatic rings. The number of amidine groups is 1. The van der Waals surface area contributed by atoms with Gasteiger partial charge in [-0.15, -0.1) is 0 Å². The van der Waals surface area contributed by atoms with E-state index in [4.69, 9.17) is 14.6 Å². The van der Waals surface area contributed by atoms with Gasteiger partial charge >= 0.3 is 5.97 Å². The number of amides is 1. The molecule has 7 nitrogen and oxygen atoms in total. The zero-order chi connectivity index (χ0) is 22.8. The fourth-order valence-electron chi connectivity index (χ4n) is 3.33. The van der Waals surface area contributed by atoms with Crippen molar-refractivity contribution < 1.29 is 24.2 Å². The Hall–Kier alpha value is -3.78. The fourth-order valence-corrected chi connectivity index (χ4v) is 4.30. The number of aromatic carboxylic acids is 1. The van der Waals surface area contributed by atoms with Gasteiger partial charge in [0.25, 0.3) is 5.91 Å². The van der Waals surface area contributed by atoms with Crippen LogP contribution in [0.25, 0.3) is 16.8 Å². The second kappa shape index (κ2) is 8.76. The van der Waals surface area contributed by atoms with Crippen molar-refractivity contribution >= 4 is 51.3 Å². The Balaban J connectivity index is 1.74. The maximum absolute atomic E-state index is 12.9. The average molecular weight is 449 g/mol. The Labute approximate surface area is 189 Å². The number of carboxylic acids is 1. The predicted molar refractivity (Wildman–Crippen MR) is 126 cm³/mol. The van der Waals surface area contributed by atoms with Gasteiger partial charge in [-0.05, 0) is 71.1 Å². The number of thioether (sulfide) groups is 1. The molecule has 162 valence electrons. The monoisotopic (exact) mass is 448 g/mol. The molecule has 0 saturated carbocycles. The van der Waals surface area contributed by atoms with Crippen LogP contribution < -0.4 is 9.47 Å². The van der Waals surface area contributed by atoms with Crippen LogP contribution in [0.5, 0.6) is 11.5 Å². The van der Waals surface area contributed by atoms with Gasteiger partial charge in [-0.2, -0.15) is 0 Å². The third-order valence-corrected chi connectivity index (χ3v) is 6.13. The van der Waals surface area contributed by atoms with Crippen LogP contribution in [-0.2, 0) is 4.79 Å². The number of benzene rings is 3. The molecular formula is C24H20N2O5S. The quantitative estimate of drug-likeness (QED) is 0.565. The van der Waals surface area contributed by atoms with E-state index in [1.54, 1.807) is 39.5 Å². The molecule has 0 bridgehead atoms. The first-order valence-electron chi connectivity index (χ1n) is 9.65. The smallest absolute Gasteiger partial charge is 0.335 e. The minimum Gasteiger partial charge on any atom is -0.497 e. The number of methoxy groups -OCH3 is 2. The zero-order valence-corrected chi connectivity index (χ0v) is 18.5. The van der Waals surface area contributed by atoms with E-state index in [-0.39, 0.29) is 11.5 Å². The molecule has 1 saturated heterocycles. The number of hydrogen-bond acceptors (Lipinski definition) is 6. The van der Waals surface area contributed by atoms with Crippen LogP contribution in [0.4, 0.5) is 5.69 Å². The van der Waals surface area contributed by atoms with Crippen LogP contribution in [0.1, 0.15) is 15.9 Å². The van der Waals surface area contributed by atoms with Gasteiger partial charge in [0.2, 0.25) is 0 Å². The van der Waals surface area contributed by atoms with Gasteiger partial charge in [0.1, 0.15) is 11.5 Å². The van der Waals surface area contributed by atoms with E-state index in [2.05, 4.69) is 4.99 Å². The highest BCUT2D eigenvalue weighted by molar-refractivity contribution is 8.18. The topological polar surface area (TPSA) is 88.4 Å². The number of carboxylic acid groups (broad SMARTS) is 1. The zero-order valence-electron chi connectivity index (χ0n) is 17.7. The summed E-state index contributed by atoms with van der Waals surface area (Å²) in [4.78, 5) is 30.4. The summed E-state index contributed by atoms with van der Waals surface area (Å²) in [6, 6.07) is 15.8. The van der Waals surface area contributed by atoms with Gasteiger partial charge in [-0.1, -0.05) is 12.1 Å². The molecule has 0 atom stereocenters. The van der Waals surface area contributed by atoms with Crippen molar-refractivity contribution in [2.24, 2.45) is 4.99 Å². The van der Waals surface area contributed by atoms with E-state index in [9.17, 15) is 9.59 Å². The highest BCUT2D eigenvalue weighted by Crippen LogP contribution is 2.38. The number of carbonyl (C=O) groups is 2. The van der Waals surface area contributed by atoms with Crippen LogP contribution in [0.2, 0.25) is 0 Å². The molecule has 0 aromatic heterocycles. The number of hydrogen-bond donors (Lipinski definition) is 1. The molecule has 3 aromatic rings. The molecule has 1 heterocycles. The Kier molecular flexibility index (Phi) is 5.87. The van der Waals surface area contributed by atoms with Gasteiger partial charge in [0, 0.05) is 12.6 Å². The molecule has 1 fully saturated rings. The standard InChI is InChI=1S/C24H20N2O5S/c1-26-22(27)21(32-24(26)25-16-8-4-15(5-9-16)23(28)29)13-19-18-12-17(30-2)10-6-14(18)7-11-20(19)31-3/h4-13H,1-3H3,(H,28,29)/b21-13+,25-24?. The largest absolute Gasteiger partial charge is 0.497 e. The van der Waals surface area contributed by atoms with Crippen molar-refractivity contribution in [3.8, 4) is 11.5 Å². The first kappa shape index (κ1) is 21.5. The van der Waals surface area contributed by atoms with Gasteiger partial charge in [0.15, 0.2) is 5.17 Å². The Morgan fingerprint density at radius 1 is 1.06 bits per heavy atom. The molecule has 1 amide bonds. The SMILES string of the molecule is COc1ccc2ccc(OC)c(/C=C3/SC(=Nc4ccc(C(=O)O)cc4)N(C)C3=O)c2c1. The summed E-state index contributed by atoms with van der Waals surface area (Å²) >= 11 is 1.25. The minimum atomic E-state index is -1.00. The fraction of sp³-hybridized carbons (Fsp3) is 0.125. The second-order valence-corrected chi connectivity index (χ2v) is 8.00. The lowest BCUT2D eigenvalue weighted by Crippen LogP contribution is -2.23. The first-order valence-corrected chi connectivity index (χ1v) is 10.5. The highest BCUT2D eigenvalue weighted by Gasteiger charge is 2.31. The Morgan fingerprint density at radius 3 is 2.44 bits per heavy atom. The van der Waals surface area contributed by atoms with Crippen LogP contribution >= 0.6 is 11.8 Å². The molecule has 32 heavy (non-hydrogen) atoms. The molecule has 0 spiro atoms. The van der Waals surface area contributed by atoms with Gasteiger partial charge in [-0.3, -0.25) is 9.69 Å². The van der Waals surface area contributed by atoms with E-state index in [0.717, 1.165) is 16.3 Å². The number of fused-ring (bicyclic) bond motifs is 1. The number of likely N-dealkylation sites (N-methyl/N-ethyl adjacent to an activating group) is 1. The van der Waals surface area contributed by atoms with E-state index < -0.39 is 5.97 Å². The molecule has 3 aromatic carbocycles. The number of carbonyl (C=O) groups excluding carboxylic acids is 1. The van der Waals surface area contributed by atoms with Crippen molar-refractivity contribution in [1.29, 1.82) is 0 Å². The molecule has 1 aliphatic heterocycles. The molecule has 0 aliphatic carbocycles. The lowest BCUT2D eigenvalue weighted by atomic mass is 10.0. The van der Waals surface area contributed by atoms with Gasteiger partial charge < -0.3 is 14.6 Å². The molecular weight excluding hydrogens is 428 g/mol. The summed E-state index contributed by atoms with van der Waals surface area (Å²) in [6.07, 6.45) is 1.81. The third kappa shape index (κ3) is 4.04. The summed E-state index contributed by atoms with van der Waals surface area (Å²) in [5.41, 5.74) is 1.52. The van der Waals surface area contributed by atoms with Crippen LogP contribution in [-0.4, -0.2) is 48.3 Å². The number of ether oxygens (including phenoxy) is 2. The third-order valence-electron chi connectivity index (χ3n) is 5.07. The molecule has 0 radical (unpaired) electrons. The lowest BCUT2D eigenvalue weighted by molar-refractivity contribution is -0.121. The van der Waals surface area contributed by atoms with Crippen LogP contribution in [0.3, 0.4) is 0 Å². The molecule has 8 heteroatoms. The van der Waals surface area contributed by atoms with Crippen molar-refractivity contribution in [3.63, 3.8) is 0 Å². The van der Waals surface area contributed by atoms with Crippen LogP contribution in [0.15, 0.2) is 64.5 Å². The number of nitrogens with zero attached hydrogens (tertiary/aromatic N) is 2. The predicted octanol–water partition coefficient (Wildman–Crippen LogP) is 4.79. The first-order chi connectivity index (χ1) is 15.4. The Bertz CT molecular complexity index is 1280. The highest BCUT2D eigenvalue weighted by atomic mass is 32.2. The lowest BCUT2D eigenvalue weighted by Gasteiger charge is -2.11. The van der Waals surface area contributed by atoms with Crippen molar-refractivity contribution in [1.82, 2.24) is 4.90 Å². The minimum absolute atomic E-state index is 0.177. The Morgan fingerprint density at radius 2 is 1.78 bits per heavy atom. The van der Waals surface area contributed by atoms with Gasteiger partial charge in [0.05, 0.1) is 30.4 Å². The maximum atomic E-state index is 12.9. The van der Waals surface area contributed by atoms with Crippen molar-refractivity contribution in [2.75, 3.05) is 21.3 Å². The average Bonchev–Trinajstić information content (AvgIpc) is 3.07. The van der Waals surface area contributed by atoms with E-state index in [1.807, 2.05) is 30.3 Å². The summed E-state index contributed by atoms with van der Waals surface area (Å²) in [7, 11) is 4.85. The van der Waals surface area contributed by atoms with Crippen molar-refractivity contribution in [2.45, 2.75) is 0 Å². The molecule has 1 N–H and O–H groups in total. The summed E-state index contributed by atoms with van der Waals surface area (Å²) in [6.45, 7) is 0. The molecule has 0 unspecified atom stereocenters. The van der Waals surface area contributed by atoms with E-state index >= 15 is 0 Å². The summed E-state index contributed by atoms with van der Waals surface area (Å²) < 4.78 is 10.9. The maximum Gasteiger partial charge on any atom is 0.335 e. The summed E-state index contributed by atoms with van der Waals surface area (Å²) in [5, 5.41) is 11.4. The van der Waals surface area contributed by atoms with E-state index in [0.29, 0.717) is 27.3 Å². The van der Waals surface area contributed by atoms with Gasteiger partial charge in [-0.25, -0.2) is 9.79 Å². The van der Waals surface area contributed by atoms with Crippen LogP contribution in [0, 0.1) is 0 Å². The number of aliphatic imine (C=N–C) groups is 1. The normalized spacial score (nSPS) is 16.2. The van der Waals surface area contributed by atoms with E-state index in [1.165, 1.54) is 28.8 Å².